The molecule has 2 nitrogen and oxygen atoms in total. The van der Waals surface area contributed by atoms with E-state index in [1.54, 1.807) is 6.92 Å². The molecule has 4 heteroatoms. The summed E-state index contributed by atoms with van der Waals surface area (Å²) in [7, 11) is 0. The molecule has 0 N–H and O–H groups in total. The SMILES string of the molecule is CCCCOC(=O)C(C)(Cl)CBr. The number of alkyl halides is 2. The van der Waals surface area contributed by atoms with Gasteiger partial charge in [0, 0.05) is 5.33 Å². The van der Waals surface area contributed by atoms with Gasteiger partial charge in [0.2, 0.25) is 0 Å². The van der Waals surface area contributed by atoms with Crippen LogP contribution in [-0.2, 0) is 9.53 Å². The topological polar surface area (TPSA) is 26.3 Å². The van der Waals surface area contributed by atoms with E-state index in [-0.39, 0.29) is 5.97 Å². The van der Waals surface area contributed by atoms with Crippen molar-refractivity contribution in [3.8, 4) is 0 Å². The highest BCUT2D eigenvalue weighted by molar-refractivity contribution is 9.09. The lowest BCUT2D eigenvalue weighted by atomic mass is 10.2. The van der Waals surface area contributed by atoms with Gasteiger partial charge in [-0.05, 0) is 13.3 Å². The summed E-state index contributed by atoms with van der Waals surface area (Å²) in [5.41, 5.74) is 0. The Morgan fingerprint density at radius 1 is 1.67 bits per heavy atom. The Kier molecular flexibility index (Phi) is 5.93. The van der Waals surface area contributed by atoms with E-state index < -0.39 is 4.87 Å². The normalized spacial score (nSPS) is 15.3. The van der Waals surface area contributed by atoms with Gasteiger partial charge in [0.1, 0.15) is 4.87 Å². The Morgan fingerprint density at radius 2 is 2.25 bits per heavy atom. The molecule has 0 fully saturated rings. The van der Waals surface area contributed by atoms with E-state index in [4.69, 9.17) is 16.3 Å². The van der Waals surface area contributed by atoms with E-state index in [1.807, 2.05) is 6.92 Å². The predicted octanol–water partition coefficient (Wildman–Crippen LogP) is 2.72. The summed E-state index contributed by atoms with van der Waals surface area (Å²) < 4.78 is 4.94. The molecule has 0 aliphatic heterocycles. The van der Waals surface area contributed by atoms with Crippen molar-refractivity contribution in [1.29, 1.82) is 0 Å². The zero-order valence-corrected chi connectivity index (χ0v) is 9.74. The van der Waals surface area contributed by atoms with E-state index >= 15 is 0 Å². The Labute approximate surface area is 86.7 Å². The van der Waals surface area contributed by atoms with Crippen LogP contribution in [0.5, 0.6) is 0 Å². The molecular formula is C8H14BrClO2. The molecule has 0 amide bonds. The molecule has 12 heavy (non-hydrogen) atoms. The Morgan fingerprint density at radius 3 is 2.67 bits per heavy atom. The first kappa shape index (κ1) is 12.2. The van der Waals surface area contributed by atoms with Crippen molar-refractivity contribution >= 4 is 33.5 Å². The lowest BCUT2D eigenvalue weighted by Gasteiger charge is -2.16. The number of rotatable bonds is 5. The Balaban J connectivity index is 3.72. The minimum absolute atomic E-state index is 0.352. The van der Waals surface area contributed by atoms with Gasteiger partial charge >= 0.3 is 5.97 Å². The number of carbonyl (C=O) groups excluding carboxylic acids is 1. The lowest BCUT2D eigenvalue weighted by Crippen LogP contribution is -2.32. The van der Waals surface area contributed by atoms with Crippen molar-refractivity contribution < 1.29 is 9.53 Å². The first-order chi connectivity index (χ1) is 5.54. The van der Waals surface area contributed by atoms with E-state index in [0.29, 0.717) is 11.9 Å². The second kappa shape index (κ2) is 5.81. The molecule has 72 valence electrons. The van der Waals surface area contributed by atoms with Crippen molar-refractivity contribution in [3.63, 3.8) is 0 Å². The number of halogens is 2. The minimum atomic E-state index is -0.923. The number of hydrogen-bond donors (Lipinski definition) is 0. The van der Waals surface area contributed by atoms with Crippen LogP contribution < -0.4 is 0 Å². The molecule has 0 aliphatic rings. The molecule has 0 spiro atoms. The highest BCUT2D eigenvalue weighted by Gasteiger charge is 2.30. The Bertz CT molecular complexity index is 148. The number of carbonyl (C=O) groups is 1. The summed E-state index contributed by atoms with van der Waals surface area (Å²) in [6, 6.07) is 0. The van der Waals surface area contributed by atoms with Gasteiger partial charge in [0.25, 0.3) is 0 Å². The molecule has 0 saturated heterocycles. The maximum Gasteiger partial charge on any atom is 0.327 e. The molecule has 0 saturated carbocycles. The van der Waals surface area contributed by atoms with Crippen LogP contribution in [0.4, 0.5) is 0 Å². The average molecular weight is 258 g/mol. The molecule has 0 aromatic heterocycles. The molecule has 0 bridgehead atoms. The van der Waals surface area contributed by atoms with Crippen LogP contribution in [0, 0.1) is 0 Å². The molecular weight excluding hydrogens is 243 g/mol. The zero-order chi connectivity index (χ0) is 9.61. The molecule has 1 unspecified atom stereocenters. The minimum Gasteiger partial charge on any atom is -0.464 e. The molecule has 0 aromatic rings. The number of esters is 1. The van der Waals surface area contributed by atoms with Crippen molar-refractivity contribution in [2.75, 3.05) is 11.9 Å². The summed E-state index contributed by atoms with van der Waals surface area (Å²) in [6.45, 7) is 4.14. The largest absolute Gasteiger partial charge is 0.464 e. The standard InChI is InChI=1S/C8H14BrClO2/c1-3-4-5-12-7(11)8(2,10)6-9/h3-6H2,1-2H3. The van der Waals surface area contributed by atoms with Crippen LogP contribution in [-0.4, -0.2) is 22.8 Å². The van der Waals surface area contributed by atoms with Gasteiger partial charge in [-0.25, -0.2) is 0 Å². The molecule has 0 radical (unpaired) electrons. The Hall–Kier alpha value is 0.240. The van der Waals surface area contributed by atoms with Gasteiger partial charge in [-0.15, -0.1) is 11.6 Å². The summed E-state index contributed by atoms with van der Waals surface area (Å²) in [5.74, 6) is -0.352. The van der Waals surface area contributed by atoms with Crippen molar-refractivity contribution in [2.45, 2.75) is 31.6 Å². The van der Waals surface area contributed by atoms with Crippen LogP contribution in [0.15, 0.2) is 0 Å². The zero-order valence-electron chi connectivity index (χ0n) is 7.40. The smallest absolute Gasteiger partial charge is 0.327 e. The fourth-order valence-corrected chi connectivity index (χ4v) is 0.798. The number of ether oxygens (including phenoxy) is 1. The summed E-state index contributed by atoms with van der Waals surface area (Å²) in [4.78, 5) is 10.3. The third kappa shape index (κ3) is 4.31. The highest BCUT2D eigenvalue weighted by atomic mass is 79.9. The molecule has 0 aliphatic carbocycles. The maximum atomic E-state index is 11.2. The predicted molar refractivity (Wildman–Crippen MR) is 53.9 cm³/mol. The third-order valence-corrected chi connectivity index (χ3v) is 3.14. The quantitative estimate of drug-likeness (QED) is 0.430. The first-order valence-electron chi connectivity index (χ1n) is 3.96. The molecule has 1 atom stereocenters. The molecule has 0 rings (SSSR count). The second-order valence-corrected chi connectivity index (χ2v) is 4.22. The summed E-state index contributed by atoms with van der Waals surface area (Å²) >= 11 is 8.98. The van der Waals surface area contributed by atoms with Gasteiger partial charge in [-0.1, -0.05) is 29.3 Å². The summed E-state index contributed by atoms with van der Waals surface area (Å²) in [5, 5.41) is 0.409. The van der Waals surface area contributed by atoms with Crippen molar-refractivity contribution in [2.24, 2.45) is 0 Å². The van der Waals surface area contributed by atoms with Gasteiger partial charge in [-0.3, -0.25) is 4.79 Å². The fraction of sp³-hybridized carbons (Fsp3) is 0.875. The second-order valence-electron chi connectivity index (χ2n) is 2.82. The third-order valence-electron chi connectivity index (χ3n) is 1.41. The molecule has 0 heterocycles. The molecule has 0 aromatic carbocycles. The highest BCUT2D eigenvalue weighted by Crippen LogP contribution is 2.19. The van der Waals surface area contributed by atoms with Crippen LogP contribution in [0.1, 0.15) is 26.7 Å². The monoisotopic (exact) mass is 256 g/mol. The van der Waals surface area contributed by atoms with Crippen molar-refractivity contribution in [1.82, 2.24) is 0 Å². The van der Waals surface area contributed by atoms with E-state index in [9.17, 15) is 4.79 Å². The average Bonchev–Trinajstić information content (AvgIpc) is 2.05. The van der Waals surface area contributed by atoms with Gasteiger partial charge in [0.15, 0.2) is 0 Å². The fourth-order valence-electron chi connectivity index (χ4n) is 0.514. The summed E-state index contributed by atoms with van der Waals surface area (Å²) in [6.07, 6.45) is 1.90. The van der Waals surface area contributed by atoms with E-state index in [2.05, 4.69) is 15.9 Å². The van der Waals surface area contributed by atoms with Crippen LogP contribution in [0.2, 0.25) is 0 Å². The number of unbranched alkanes of at least 4 members (excludes halogenated alkanes) is 1. The first-order valence-corrected chi connectivity index (χ1v) is 5.46. The van der Waals surface area contributed by atoms with Crippen LogP contribution in [0.25, 0.3) is 0 Å². The maximum absolute atomic E-state index is 11.2. The van der Waals surface area contributed by atoms with Gasteiger partial charge in [-0.2, -0.15) is 0 Å². The van der Waals surface area contributed by atoms with Crippen LogP contribution >= 0.6 is 27.5 Å². The van der Waals surface area contributed by atoms with E-state index in [1.165, 1.54) is 0 Å². The van der Waals surface area contributed by atoms with Crippen LogP contribution in [0.3, 0.4) is 0 Å². The lowest BCUT2D eigenvalue weighted by molar-refractivity contribution is -0.145. The van der Waals surface area contributed by atoms with Gasteiger partial charge < -0.3 is 4.74 Å². The van der Waals surface area contributed by atoms with E-state index in [0.717, 1.165) is 12.8 Å². The number of hydrogen-bond acceptors (Lipinski definition) is 2. The van der Waals surface area contributed by atoms with Gasteiger partial charge in [0.05, 0.1) is 6.61 Å². The van der Waals surface area contributed by atoms with Crippen molar-refractivity contribution in [3.05, 3.63) is 0 Å².